The maximum absolute atomic E-state index is 10.9. The monoisotopic (exact) mass is 279 g/mol. The molecule has 110 valence electrons. The summed E-state index contributed by atoms with van der Waals surface area (Å²) in [6.45, 7) is 0.780. The topological polar surface area (TPSA) is 72.6 Å². The predicted octanol–water partition coefficient (Wildman–Crippen LogP) is 2.71. The van der Waals surface area contributed by atoms with Crippen molar-refractivity contribution in [3.05, 3.63) is 39.9 Å². The van der Waals surface area contributed by atoms with Crippen molar-refractivity contribution in [2.45, 2.75) is 38.2 Å². The molecule has 1 aliphatic carbocycles. The highest BCUT2D eigenvalue weighted by Crippen LogP contribution is 2.26. The van der Waals surface area contributed by atoms with Crippen LogP contribution in [0, 0.1) is 16.0 Å². The molecule has 20 heavy (non-hydrogen) atoms. The normalized spacial score (nSPS) is 22.6. The van der Waals surface area contributed by atoms with Gasteiger partial charge < -0.3 is 9.84 Å². The van der Waals surface area contributed by atoms with E-state index in [0.717, 1.165) is 31.2 Å². The fourth-order valence-corrected chi connectivity index (χ4v) is 2.72. The molecule has 1 fully saturated rings. The van der Waals surface area contributed by atoms with Crippen LogP contribution in [0.5, 0.6) is 0 Å². The van der Waals surface area contributed by atoms with Crippen LogP contribution in [0.25, 0.3) is 0 Å². The molecule has 0 bridgehead atoms. The third-order valence-electron chi connectivity index (χ3n) is 3.97. The molecule has 1 saturated carbocycles. The van der Waals surface area contributed by atoms with Crippen molar-refractivity contribution < 1.29 is 14.8 Å². The van der Waals surface area contributed by atoms with Crippen LogP contribution in [-0.2, 0) is 11.2 Å². The number of hydrogen-bond donors (Lipinski definition) is 1. The Hall–Kier alpha value is -1.46. The Morgan fingerprint density at radius 1 is 1.25 bits per heavy atom. The molecule has 0 aliphatic heterocycles. The van der Waals surface area contributed by atoms with Crippen LogP contribution >= 0.6 is 0 Å². The number of hydrogen-bond acceptors (Lipinski definition) is 4. The van der Waals surface area contributed by atoms with Crippen molar-refractivity contribution >= 4 is 5.69 Å². The predicted molar refractivity (Wildman–Crippen MR) is 75.6 cm³/mol. The number of benzene rings is 1. The van der Waals surface area contributed by atoms with Gasteiger partial charge in [0.05, 0.1) is 17.6 Å². The van der Waals surface area contributed by atoms with Gasteiger partial charge in [-0.3, -0.25) is 10.1 Å². The van der Waals surface area contributed by atoms with E-state index in [-0.39, 0.29) is 23.3 Å². The fraction of sp³-hybridized carbons (Fsp3) is 0.600. The Morgan fingerprint density at radius 3 is 2.60 bits per heavy atom. The summed E-state index contributed by atoms with van der Waals surface area (Å²) in [5, 5.41) is 20.0. The smallest absolute Gasteiger partial charge is 0.272 e. The zero-order valence-electron chi connectivity index (χ0n) is 11.5. The summed E-state index contributed by atoms with van der Waals surface area (Å²) in [5.41, 5.74) is 0.890. The molecule has 0 amide bonds. The van der Waals surface area contributed by atoms with E-state index in [1.54, 1.807) is 12.1 Å². The molecule has 0 aromatic heterocycles. The van der Waals surface area contributed by atoms with Crippen molar-refractivity contribution in [3.63, 3.8) is 0 Å². The first kappa shape index (κ1) is 14.9. The molecular formula is C15H21NO4. The maximum Gasteiger partial charge on any atom is 0.272 e. The van der Waals surface area contributed by atoms with Crippen LogP contribution in [-0.4, -0.2) is 29.3 Å². The number of nitro benzene ring substituents is 1. The molecule has 1 aliphatic rings. The van der Waals surface area contributed by atoms with Crippen molar-refractivity contribution in [2.75, 3.05) is 13.2 Å². The number of rotatable bonds is 6. The minimum Gasteiger partial charge on any atom is -0.396 e. The molecule has 0 spiro atoms. The van der Waals surface area contributed by atoms with Crippen LogP contribution in [0.3, 0.4) is 0 Å². The zero-order chi connectivity index (χ0) is 14.4. The van der Waals surface area contributed by atoms with Gasteiger partial charge in [0.2, 0.25) is 0 Å². The van der Waals surface area contributed by atoms with Gasteiger partial charge in [-0.2, -0.15) is 0 Å². The summed E-state index contributed by atoms with van der Waals surface area (Å²) in [6, 6.07) is 6.80. The second-order valence-corrected chi connectivity index (χ2v) is 5.33. The first-order valence-corrected chi connectivity index (χ1v) is 7.15. The average molecular weight is 279 g/mol. The van der Waals surface area contributed by atoms with Crippen LogP contribution in [0.2, 0.25) is 0 Å². The molecule has 2 rings (SSSR count). The maximum atomic E-state index is 10.9. The zero-order valence-corrected chi connectivity index (χ0v) is 11.5. The van der Waals surface area contributed by atoms with Crippen LogP contribution < -0.4 is 0 Å². The van der Waals surface area contributed by atoms with E-state index < -0.39 is 0 Å². The van der Waals surface area contributed by atoms with Crippen molar-refractivity contribution in [1.82, 2.24) is 0 Å². The SMILES string of the molecule is O=[N+]([O-])c1ccccc1CCOC1CCC(CO)CC1. The minimum atomic E-state index is -0.345. The summed E-state index contributed by atoms with van der Waals surface area (Å²) >= 11 is 0. The van der Waals surface area contributed by atoms with Crippen molar-refractivity contribution in [2.24, 2.45) is 5.92 Å². The number of para-hydroxylation sites is 1. The quantitative estimate of drug-likeness (QED) is 0.642. The number of ether oxygens (including phenoxy) is 1. The van der Waals surface area contributed by atoms with E-state index in [1.807, 2.05) is 6.07 Å². The minimum absolute atomic E-state index is 0.167. The molecule has 0 heterocycles. The highest BCUT2D eigenvalue weighted by molar-refractivity contribution is 5.39. The van der Waals surface area contributed by atoms with Crippen LogP contribution in [0.1, 0.15) is 31.2 Å². The molecule has 5 nitrogen and oxygen atoms in total. The van der Waals surface area contributed by atoms with Gasteiger partial charge in [-0.1, -0.05) is 18.2 Å². The van der Waals surface area contributed by atoms with Crippen molar-refractivity contribution in [1.29, 1.82) is 0 Å². The molecule has 0 radical (unpaired) electrons. The summed E-state index contributed by atoms with van der Waals surface area (Å²) in [5.74, 6) is 0.421. The Balaban J connectivity index is 1.78. The number of aliphatic hydroxyl groups excluding tert-OH is 1. The second kappa shape index (κ2) is 7.36. The molecule has 1 aromatic rings. The van der Waals surface area contributed by atoms with Gasteiger partial charge in [0.1, 0.15) is 0 Å². The molecule has 0 unspecified atom stereocenters. The van der Waals surface area contributed by atoms with Crippen LogP contribution in [0.15, 0.2) is 24.3 Å². The van der Waals surface area contributed by atoms with E-state index in [2.05, 4.69) is 0 Å². The number of nitrogens with zero attached hydrogens (tertiary/aromatic N) is 1. The van der Waals surface area contributed by atoms with E-state index in [9.17, 15) is 10.1 Å². The Labute approximate surface area is 118 Å². The molecule has 1 N–H and O–H groups in total. The standard InChI is InChI=1S/C15H21NO4/c17-11-12-5-7-14(8-6-12)20-10-9-13-3-1-2-4-15(13)16(18)19/h1-4,12,14,17H,5-11H2. The largest absolute Gasteiger partial charge is 0.396 e. The summed E-state index contributed by atoms with van der Waals surface area (Å²) in [7, 11) is 0. The number of aliphatic hydroxyl groups is 1. The first-order valence-electron chi connectivity index (χ1n) is 7.15. The highest BCUT2D eigenvalue weighted by Gasteiger charge is 2.21. The molecule has 5 heteroatoms. The number of nitro groups is 1. The lowest BCUT2D eigenvalue weighted by Gasteiger charge is -2.27. The van der Waals surface area contributed by atoms with E-state index in [4.69, 9.17) is 9.84 Å². The van der Waals surface area contributed by atoms with E-state index >= 15 is 0 Å². The van der Waals surface area contributed by atoms with Gasteiger partial charge in [0.15, 0.2) is 0 Å². The highest BCUT2D eigenvalue weighted by atomic mass is 16.6. The second-order valence-electron chi connectivity index (χ2n) is 5.33. The first-order chi connectivity index (χ1) is 9.70. The molecule has 0 atom stereocenters. The molecular weight excluding hydrogens is 258 g/mol. The van der Waals surface area contributed by atoms with Crippen molar-refractivity contribution in [3.8, 4) is 0 Å². The van der Waals surface area contributed by atoms with Gasteiger partial charge in [0, 0.05) is 24.7 Å². The lowest BCUT2D eigenvalue weighted by Crippen LogP contribution is -2.24. The summed E-state index contributed by atoms with van der Waals surface area (Å²) in [6.07, 6.45) is 4.77. The van der Waals surface area contributed by atoms with Gasteiger partial charge >= 0.3 is 0 Å². The van der Waals surface area contributed by atoms with E-state index in [1.165, 1.54) is 6.07 Å². The van der Waals surface area contributed by atoms with Gasteiger partial charge in [-0.25, -0.2) is 0 Å². The molecule has 0 saturated heterocycles. The average Bonchev–Trinajstić information content (AvgIpc) is 2.48. The lowest BCUT2D eigenvalue weighted by molar-refractivity contribution is -0.385. The third kappa shape index (κ3) is 4.02. The van der Waals surface area contributed by atoms with Gasteiger partial charge in [-0.15, -0.1) is 0 Å². The van der Waals surface area contributed by atoms with Gasteiger partial charge in [0.25, 0.3) is 5.69 Å². The Bertz CT molecular complexity index is 441. The summed E-state index contributed by atoms with van der Waals surface area (Å²) in [4.78, 5) is 10.6. The summed E-state index contributed by atoms with van der Waals surface area (Å²) < 4.78 is 5.81. The lowest BCUT2D eigenvalue weighted by atomic mass is 9.88. The molecule has 1 aromatic carbocycles. The Kier molecular flexibility index (Phi) is 5.49. The fourth-order valence-electron chi connectivity index (χ4n) is 2.72. The Morgan fingerprint density at radius 2 is 1.95 bits per heavy atom. The van der Waals surface area contributed by atoms with E-state index in [0.29, 0.717) is 18.9 Å². The van der Waals surface area contributed by atoms with Gasteiger partial charge in [-0.05, 0) is 31.6 Å². The van der Waals surface area contributed by atoms with Crippen LogP contribution in [0.4, 0.5) is 5.69 Å². The third-order valence-corrected chi connectivity index (χ3v) is 3.97.